The van der Waals surface area contributed by atoms with Gasteiger partial charge in [0.15, 0.2) is 5.82 Å². The van der Waals surface area contributed by atoms with Gasteiger partial charge in [-0.05, 0) is 25.5 Å². The molecule has 0 aromatic carbocycles. The molecule has 122 valence electrons. The molecule has 2 heterocycles. The highest BCUT2D eigenvalue weighted by atomic mass is 32.2. The third kappa shape index (κ3) is 5.74. The van der Waals surface area contributed by atoms with Crippen LogP contribution in [0.1, 0.15) is 18.2 Å². The summed E-state index contributed by atoms with van der Waals surface area (Å²) in [5.41, 5.74) is 0.929. The molecule has 0 saturated heterocycles. The van der Waals surface area contributed by atoms with Gasteiger partial charge in [0, 0.05) is 25.0 Å². The molecule has 1 unspecified atom stereocenters. The molecular formula is C15H18N4O3S. The first-order valence-corrected chi connectivity index (χ1v) is 8.11. The second-order valence-electron chi connectivity index (χ2n) is 4.90. The van der Waals surface area contributed by atoms with Gasteiger partial charge < -0.3 is 15.2 Å². The van der Waals surface area contributed by atoms with Crippen LogP contribution in [0.25, 0.3) is 0 Å². The van der Waals surface area contributed by atoms with E-state index in [-0.39, 0.29) is 22.8 Å². The quantitative estimate of drug-likeness (QED) is 0.801. The lowest BCUT2D eigenvalue weighted by Crippen LogP contribution is -2.28. The van der Waals surface area contributed by atoms with Crippen LogP contribution in [0, 0.1) is 6.92 Å². The smallest absolute Gasteiger partial charge is 0.238 e. The van der Waals surface area contributed by atoms with Crippen molar-refractivity contribution in [2.45, 2.75) is 25.6 Å². The lowest BCUT2D eigenvalue weighted by Gasteiger charge is -2.10. The molecule has 8 heteroatoms. The summed E-state index contributed by atoms with van der Waals surface area (Å²) >= 11 is 1.26. The van der Waals surface area contributed by atoms with E-state index in [2.05, 4.69) is 20.8 Å². The number of rotatable bonds is 7. The van der Waals surface area contributed by atoms with Gasteiger partial charge >= 0.3 is 0 Å². The molecule has 0 bridgehead atoms. The van der Waals surface area contributed by atoms with E-state index in [0.29, 0.717) is 18.1 Å². The zero-order valence-electron chi connectivity index (χ0n) is 12.9. The molecule has 0 aliphatic heterocycles. The number of anilines is 1. The van der Waals surface area contributed by atoms with Crippen molar-refractivity contribution < 1.29 is 14.1 Å². The third-order valence-electron chi connectivity index (χ3n) is 2.93. The van der Waals surface area contributed by atoms with Crippen LogP contribution in [0.3, 0.4) is 0 Å². The third-order valence-corrected chi connectivity index (χ3v) is 4.07. The average Bonchev–Trinajstić information content (AvgIpc) is 2.96. The molecule has 2 amide bonds. The zero-order chi connectivity index (χ0) is 16.7. The van der Waals surface area contributed by atoms with Crippen LogP contribution in [0.15, 0.2) is 35.1 Å². The first-order chi connectivity index (χ1) is 11.0. The first kappa shape index (κ1) is 17.0. The summed E-state index contributed by atoms with van der Waals surface area (Å²) in [5.74, 6) is 0.850. The number of thioether (sulfide) groups is 1. The summed E-state index contributed by atoms with van der Waals surface area (Å²) in [6.07, 6.45) is 3.38. The average molecular weight is 334 g/mol. The molecule has 2 aromatic rings. The Bertz CT molecular complexity index is 660. The van der Waals surface area contributed by atoms with Gasteiger partial charge in [-0.3, -0.25) is 14.6 Å². The molecule has 0 aliphatic carbocycles. The van der Waals surface area contributed by atoms with Crippen LogP contribution in [0.2, 0.25) is 0 Å². The summed E-state index contributed by atoms with van der Waals surface area (Å²) in [4.78, 5) is 27.7. The standard InChI is InChI=1S/C15H18N4O3S/c1-10-6-13(19-22-10)18-15(21)11(2)23-9-14(20)17-8-12-4-3-5-16-7-12/h3-7,11H,8-9H2,1-2H3,(H,17,20)(H,18,19,21). The highest BCUT2D eigenvalue weighted by Gasteiger charge is 2.16. The molecule has 0 aliphatic rings. The Kier molecular flexibility index (Phi) is 6.16. The molecule has 7 nitrogen and oxygen atoms in total. The minimum atomic E-state index is -0.379. The highest BCUT2D eigenvalue weighted by molar-refractivity contribution is 8.01. The van der Waals surface area contributed by atoms with E-state index in [0.717, 1.165) is 5.56 Å². The summed E-state index contributed by atoms with van der Waals surface area (Å²) in [6.45, 7) is 3.90. The Morgan fingerprint density at radius 2 is 2.26 bits per heavy atom. The molecule has 0 spiro atoms. The summed E-state index contributed by atoms with van der Waals surface area (Å²) in [7, 11) is 0. The van der Waals surface area contributed by atoms with E-state index in [4.69, 9.17) is 4.52 Å². The monoisotopic (exact) mass is 334 g/mol. The van der Waals surface area contributed by atoms with Crippen molar-refractivity contribution in [1.82, 2.24) is 15.5 Å². The number of hydrogen-bond acceptors (Lipinski definition) is 6. The Hall–Kier alpha value is -2.35. The maximum absolute atomic E-state index is 12.0. The molecule has 2 N–H and O–H groups in total. The molecule has 2 rings (SSSR count). The van der Waals surface area contributed by atoms with Crippen molar-refractivity contribution in [2.75, 3.05) is 11.1 Å². The van der Waals surface area contributed by atoms with E-state index in [9.17, 15) is 9.59 Å². The summed E-state index contributed by atoms with van der Waals surface area (Å²) < 4.78 is 4.88. The normalized spacial score (nSPS) is 11.7. The molecule has 0 radical (unpaired) electrons. The number of nitrogens with zero attached hydrogens (tertiary/aromatic N) is 2. The molecule has 23 heavy (non-hydrogen) atoms. The van der Waals surface area contributed by atoms with E-state index in [1.165, 1.54) is 11.8 Å². The fraction of sp³-hybridized carbons (Fsp3) is 0.333. The van der Waals surface area contributed by atoms with Crippen LogP contribution < -0.4 is 10.6 Å². The second kappa shape index (κ2) is 8.33. The summed E-state index contributed by atoms with van der Waals surface area (Å²) in [5, 5.41) is 8.74. The van der Waals surface area contributed by atoms with Crippen molar-refractivity contribution in [3.8, 4) is 0 Å². The van der Waals surface area contributed by atoms with Gasteiger partial charge in [0.1, 0.15) is 5.76 Å². The Labute approximate surface area is 138 Å². The predicted octanol–water partition coefficient (Wildman–Crippen LogP) is 1.75. The van der Waals surface area contributed by atoms with E-state index in [1.807, 2.05) is 12.1 Å². The van der Waals surface area contributed by atoms with Crippen LogP contribution in [-0.4, -0.2) is 33.0 Å². The van der Waals surface area contributed by atoms with Gasteiger partial charge in [0.2, 0.25) is 11.8 Å². The highest BCUT2D eigenvalue weighted by Crippen LogP contribution is 2.14. The van der Waals surface area contributed by atoms with Crippen LogP contribution in [0.5, 0.6) is 0 Å². The number of pyridine rings is 1. The number of carbonyl (C=O) groups excluding carboxylic acids is 2. The lowest BCUT2D eigenvalue weighted by atomic mass is 10.3. The number of carbonyl (C=O) groups is 2. The fourth-order valence-electron chi connectivity index (χ4n) is 1.68. The van der Waals surface area contributed by atoms with Crippen LogP contribution >= 0.6 is 11.8 Å². The first-order valence-electron chi connectivity index (χ1n) is 7.06. The Balaban J connectivity index is 1.69. The number of nitrogens with one attached hydrogen (secondary N) is 2. The second-order valence-corrected chi connectivity index (χ2v) is 6.23. The maximum Gasteiger partial charge on any atom is 0.238 e. The van der Waals surface area contributed by atoms with Gasteiger partial charge in [-0.15, -0.1) is 11.8 Å². The molecule has 1 atom stereocenters. The minimum Gasteiger partial charge on any atom is -0.360 e. The number of aromatic nitrogens is 2. The molecule has 0 saturated carbocycles. The molecule has 2 aromatic heterocycles. The molecule has 0 fully saturated rings. The number of hydrogen-bond donors (Lipinski definition) is 2. The van der Waals surface area contributed by atoms with Crippen molar-refractivity contribution in [3.05, 3.63) is 41.9 Å². The zero-order valence-corrected chi connectivity index (χ0v) is 13.7. The van der Waals surface area contributed by atoms with Crippen LogP contribution in [0.4, 0.5) is 5.82 Å². The van der Waals surface area contributed by atoms with Crippen molar-refractivity contribution in [3.63, 3.8) is 0 Å². The molecular weight excluding hydrogens is 316 g/mol. The minimum absolute atomic E-state index is 0.129. The summed E-state index contributed by atoms with van der Waals surface area (Å²) in [6, 6.07) is 5.33. The van der Waals surface area contributed by atoms with Crippen molar-refractivity contribution >= 4 is 29.4 Å². The Morgan fingerprint density at radius 1 is 1.43 bits per heavy atom. The van der Waals surface area contributed by atoms with Crippen LogP contribution in [-0.2, 0) is 16.1 Å². The lowest BCUT2D eigenvalue weighted by molar-refractivity contribution is -0.118. The van der Waals surface area contributed by atoms with Gasteiger partial charge in [-0.25, -0.2) is 0 Å². The van der Waals surface area contributed by atoms with Crippen molar-refractivity contribution in [1.29, 1.82) is 0 Å². The van der Waals surface area contributed by atoms with E-state index in [1.54, 1.807) is 32.3 Å². The van der Waals surface area contributed by atoms with E-state index >= 15 is 0 Å². The van der Waals surface area contributed by atoms with Gasteiger partial charge in [0.05, 0.1) is 11.0 Å². The number of amides is 2. The van der Waals surface area contributed by atoms with E-state index < -0.39 is 0 Å². The maximum atomic E-state index is 12.0. The number of aryl methyl sites for hydroxylation is 1. The largest absolute Gasteiger partial charge is 0.360 e. The van der Waals surface area contributed by atoms with Gasteiger partial charge in [-0.2, -0.15) is 0 Å². The van der Waals surface area contributed by atoms with Gasteiger partial charge in [-0.1, -0.05) is 11.2 Å². The SMILES string of the molecule is Cc1cc(NC(=O)C(C)SCC(=O)NCc2cccnc2)no1. The van der Waals surface area contributed by atoms with Crippen molar-refractivity contribution in [2.24, 2.45) is 0 Å². The predicted molar refractivity (Wildman–Crippen MR) is 87.9 cm³/mol. The van der Waals surface area contributed by atoms with Gasteiger partial charge in [0.25, 0.3) is 0 Å². The fourth-order valence-corrected chi connectivity index (χ4v) is 2.40. The Morgan fingerprint density at radius 3 is 2.91 bits per heavy atom. The topological polar surface area (TPSA) is 97.1 Å².